The molecule has 0 aromatic heterocycles. The van der Waals surface area contributed by atoms with E-state index in [4.69, 9.17) is 18.9 Å². The number of allylic oxidation sites excluding steroid dienone is 18. The van der Waals surface area contributed by atoms with E-state index < -0.39 is 86.8 Å². The summed E-state index contributed by atoms with van der Waals surface area (Å²) in [6.07, 6.45) is 55.6. The molecule has 81 heavy (non-hydrogen) atoms. The Kier molecular flexibility index (Phi) is 46.5. The molecule has 14 heteroatoms. The van der Waals surface area contributed by atoms with Crippen LogP contribution < -0.4 is 5.32 Å². The molecule has 2 rings (SSSR count). The molecule has 2 aliphatic heterocycles. The Morgan fingerprint density at radius 2 is 0.852 bits per heavy atom. The van der Waals surface area contributed by atoms with E-state index in [1.54, 1.807) is 0 Å². The van der Waals surface area contributed by atoms with Crippen LogP contribution in [-0.2, 0) is 23.7 Å². The molecule has 0 spiro atoms. The van der Waals surface area contributed by atoms with Gasteiger partial charge in [0.25, 0.3) is 0 Å². The molecule has 0 aromatic rings. The zero-order chi connectivity index (χ0) is 58.8. The van der Waals surface area contributed by atoms with E-state index in [9.17, 15) is 45.6 Å². The maximum absolute atomic E-state index is 13.2. The molecular weight excluding hydrogens is 1030 g/mol. The zero-order valence-electron chi connectivity index (χ0n) is 50.0. The van der Waals surface area contributed by atoms with E-state index in [1.165, 1.54) is 70.6 Å². The molecule has 2 heterocycles. The lowest BCUT2D eigenvalue weighted by Gasteiger charge is -2.46. The normalized spacial score (nSPS) is 24.9. The van der Waals surface area contributed by atoms with E-state index in [1.807, 2.05) is 0 Å². The van der Waals surface area contributed by atoms with Crippen LogP contribution in [0.1, 0.15) is 213 Å². The van der Waals surface area contributed by atoms with Crippen LogP contribution in [-0.4, -0.2) is 140 Å². The minimum Gasteiger partial charge on any atom is -0.394 e. The highest BCUT2D eigenvalue weighted by molar-refractivity contribution is 5.76. The first-order chi connectivity index (χ1) is 39.6. The summed E-state index contributed by atoms with van der Waals surface area (Å²) in [5, 5.41) is 86.9. The fourth-order valence-electron chi connectivity index (χ4n) is 9.70. The fourth-order valence-corrected chi connectivity index (χ4v) is 9.70. The van der Waals surface area contributed by atoms with Crippen LogP contribution in [0.3, 0.4) is 0 Å². The first-order valence-electron chi connectivity index (χ1n) is 31.6. The maximum Gasteiger partial charge on any atom is 0.220 e. The summed E-state index contributed by atoms with van der Waals surface area (Å²) >= 11 is 0. The summed E-state index contributed by atoms with van der Waals surface area (Å²) < 4.78 is 22.7. The second-order valence-corrected chi connectivity index (χ2v) is 21.8. The van der Waals surface area contributed by atoms with Crippen LogP contribution in [0.4, 0.5) is 0 Å². The average molecular weight is 1140 g/mol. The van der Waals surface area contributed by atoms with Crippen molar-refractivity contribution in [2.75, 3.05) is 19.8 Å². The van der Waals surface area contributed by atoms with Gasteiger partial charge in [0.1, 0.15) is 48.8 Å². The third kappa shape index (κ3) is 36.2. The Balaban J connectivity index is 1.57. The van der Waals surface area contributed by atoms with Gasteiger partial charge in [-0.3, -0.25) is 4.79 Å². The largest absolute Gasteiger partial charge is 0.394 e. The van der Waals surface area contributed by atoms with E-state index in [-0.39, 0.29) is 12.5 Å². The van der Waals surface area contributed by atoms with Crippen molar-refractivity contribution in [3.63, 3.8) is 0 Å². The maximum atomic E-state index is 13.2. The van der Waals surface area contributed by atoms with Crippen LogP contribution in [0.25, 0.3) is 0 Å². The number of carbonyl (C=O) groups is 1. The number of ether oxygens (including phenoxy) is 4. The standard InChI is InChI=1S/C67H113NO13/c1-3-5-7-9-11-13-14-15-16-17-18-19-20-21-22-23-24-25-26-27-28-29-30-31-32-33-34-35-36-37-38-39-40-41-42-43-45-47-49-51-59(72)68-55(56(71)50-48-46-44-12-10-8-6-4-2)54-78-66-64(77)62(75)65(58(53-70)80-66)81-67-63(76)61(74)60(73)57(52-69)79-67/h5,7,11,13,15-16,18-19,21-22,24-25,27-28,30-31,33-34,55-58,60-67,69-71,73-77H,3-4,6,8-10,12,14,17,20,23,26,29,32,35-54H2,1-2H3,(H,68,72)/b7-5-,13-11-,16-15-,19-18-,22-21-,25-24-,28-27-,31-30-,34-33-. The number of carbonyl (C=O) groups excluding carboxylic acids is 1. The van der Waals surface area contributed by atoms with Crippen molar-refractivity contribution < 1.29 is 64.6 Å². The van der Waals surface area contributed by atoms with Crippen molar-refractivity contribution in [3.8, 4) is 0 Å². The monoisotopic (exact) mass is 1140 g/mol. The van der Waals surface area contributed by atoms with Crippen molar-refractivity contribution in [1.82, 2.24) is 5.32 Å². The topological polar surface area (TPSA) is 228 Å². The molecule has 2 fully saturated rings. The molecule has 0 bridgehead atoms. The van der Waals surface area contributed by atoms with Crippen molar-refractivity contribution in [3.05, 3.63) is 109 Å². The van der Waals surface area contributed by atoms with Crippen molar-refractivity contribution >= 4 is 5.91 Å². The molecule has 1 amide bonds. The Bertz CT molecular complexity index is 1770. The van der Waals surface area contributed by atoms with Gasteiger partial charge in [-0.2, -0.15) is 0 Å². The number of nitrogens with one attached hydrogen (secondary N) is 1. The van der Waals surface area contributed by atoms with Gasteiger partial charge in [-0.15, -0.1) is 0 Å². The predicted molar refractivity (Wildman–Crippen MR) is 327 cm³/mol. The molecule has 0 radical (unpaired) electrons. The molecule has 2 saturated heterocycles. The summed E-state index contributed by atoms with van der Waals surface area (Å²) in [6, 6.07) is -0.834. The fraction of sp³-hybridized carbons (Fsp3) is 0.716. The molecule has 0 saturated carbocycles. The van der Waals surface area contributed by atoms with Crippen LogP contribution >= 0.6 is 0 Å². The van der Waals surface area contributed by atoms with Crippen LogP contribution in [0.5, 0.6) is 0 Å². The number of aliphatic hydroxyl groups excluding tert-OH is 8. The highest BCUT2D eigenvalue weighted by Crippen LogP contribution is 2.30. The lowest BCUT2D eigenvalue weighted by molar-refractivity contribution is -0.359. The minimum absolute atomic E-state index is 0.218. The summed E-state index contributed by atoms with van der Waals surface area (Å²) in [5.41, 5.74) is 0. The van der Waals surface area contributed by atoms with Gasteiger partial charge in [0.05, 0.1) is 32.0 Å². The predicted octanol–water partition coefficient (Wildman–Crippen LogP) is 11.6. The van der Waals surface area contributed by atoms with E-state index >= 15 is 0 Å². The summed E-state index contributed by atoms with van der Waals surface area (Å²) in [5.74, 6) is -0.218. The van der Waals surface area contributed by atoms with Crippen LogP contribution in [0.2, 0.25) is 0 Å². The number of hydrogen-bond donors (Lipinski definition) is 9. The SMILES string of the molecule is CC/C=C\C/C=C\C/C=C\C/C=C\C/C=C\C/C=C\C/C=C\C/C=C\C/C=C\CCCCCCCCCCCCCC(=O)NC(COC1OC(CO)C(OC2OC(CO)C(O)C(O)C2O)C(O)C1O)C(O)CCCCCCCCCC. The molecule has 464 valence electrons. The number of unbranched alkanes of at least 4 members (excludes halogenated alkanes) is 18. The Morgan fingerprint density at radius 3 is 1.31 bits per heavy atom. The third-order valence-electron chi connectivity index (χ3n) is 14.8. The first-order valence-corrected chi connectivity index (χ1v) is 31.6. The van der Waals surface area contributed by atoms with Gasteiger partial charge < -0.3 is 65.1 Å². The van der Waals surface area contributed by atoms with Gasteiger partial charge in [-0.05, 0) is 83.5 Å². The second kappa shape index (κ2) is 51.1. The highest BCUT2D eigenvalue weighted by atomic mass is 16.7. The first kappa shape index (κ1) is 73.8. The number of rotatable bonds is 49. The minimum atomic E-state index is -1.79. The van der Waals surface area contributed by atoms with Gasteiger partial charge in [0, 0.05) is 6.42 Å². The smallest absolute Gasteiger partial charge is 0.220 e. The Hall–Kier alpha value is -3.35. The summed E-state index contributed by atoms with van der Waals surface area (Å²) in [7, 11) is 0. The van der Waals surface area contributed by atoms with Crippen molar-refractivity contribution in [2.24, 2.45) is 0 Å². The van der Waals surface area contributed by atoms with Gasteiger partial charge in [-0.1, -0.05) is 232 Å². The van der Waals surface area contributed by atoms with E-state index in [0.29, 0.717) is 19.3 Å². The van der Waals surface area contributed by atoms with Crippen LogP contribution in [0.15, 0.2) is 109 Å². The molecule has 12 unspecified atom stereocenters. The summed E-state index contributed by atoms with van der Waals surface area (Å²) in [6.45, 7) is 2.68. The quantitative estimate of drug-likeness (QED) is 0.0204. The third-order valence-corrected chi connectivity index (χ3v) is 14.8. The van der Waals surface area contributed by atoms with Gasteiger partial charge >= 0.3 is 0 Å². The van der Waals surface area contributed by atoms with E-state index in [2.05, 4.69) is 129 Å². The molecule has 0 aliphatic carbocycles. The van der Waals surface area contributed by atoms with Crippen molar-refractivity contribution in [1.29, 1.82) is 0 Å². The van der Waals surface area contributed by atoms with Gasteiger partial charge in [-0.25, -0.2) is 0 Å². The van der Waals surface area contributed by atoms with Crippen LogP contribution in [0, 0.1) is 0 Å². The Morgan fingerprint density at radius 1 is 0.457 bits per heavy atom. The number of aliphatic hydroxyl groups is 8. The molecule has 9 N–H and O–H groups in total. The van der Waals surface area contributed by atoms with Gasteiger partial charge in [0.2, 0.25) is 5.91 Å². The van der Waals surface area contributed by atoms with Crippen molar-refractivity contribution in [2.45, 2.75) is 286 Å². The molecular formula is C67H113NO13. The lowest BCUT2D eigenvalue weighted by atomic mass is 9.97. The molecule has 0 aromatic carbocycles. The number of hydrogen-bond acceptors (Lipinski definition) is 13. The average Bonchev–Trinajstić information content (AvgIpc) is 3.51. The van der Waals surface area contributed by atoms with Gasteiger partial charge in [0.15, 0.2) is 12.6 Å². The molecule has 14 nitrogen and oxygen atoms in total. The number of amides is 1. The van der Waals surface area contributed by atoms with E-state index in [0.717, 1.165) is 109 Å². The molecule has 12 atom stereocenters. The molecule has 2 aliphatic rings. The lowest BCUT2D eigenvalue weighted by Crippen LogP contribution is -2.65. The highest BCUT2D eigenvalue weighted by Gasteiger charge is 2.51. The second-order valence-electron chi connectivity index (χ2n) is 21.8. The summed E-state index contributed by atoms with van der Waals surface area (Å²) in [4.78, 5) is 13.2. The Labute approximate surface area is 489 Å². The zero-order valence-corrected chi connectivity index (χ0v) is 50.0.